The lowest BCUT2D eigenvalue weighted by Gasteiger charge is -2.06. The van der Waals surface area contributed by atoms with Crippen LogP contribution >= 0.6 is 23.2 Å². The molecule has 0 aliphatic rings. The summed E-state index contributed by atoms with van der Waals surface area (Å²) in [6.45, 7) is 4.72. The van der Waals surface area contributed by atoms with Gasteiger partial charge in [-0.15, -0.1) is 11.6 Å². The average molecular weight is 313 g/mol. The highest BCUT2D eigenvalue weighted by Crippen LogP contribution is 2.27. The number of alkyl halides is 1. The first-order chi connectivity index (χ1) is 9.71. The van der Waals surface area contributed by atoms with E-state index in [0.717, 1.165) is 35.5 Å². The minimum Gasteiger partial charge on any atom is -0.494 e. The van der Waals surface area contributed by atoms with Gasteiger partial charge < -0.3 is 4.74 Å². The molecule has 0 saturated carbocycles. The minimum absolute atomic E-state index is 0.380. The molecule has 0 fully saturated rings. The molecule has 5 heteroatoms. The summed E-state index contributed by atoms with van der Waals surface area (Å²) in [6.07, 6.45) is 1.90. The lowest BCUT2D eigenvalue weighted by molar-refractivity contribution is 0.340. The molecule has 2 rings (SSSR count). The summed E-state index contributed by atoms with van der Waals surface area (Å²) < 4.78 is 7.17. The number of aromatic nitrogens is 2. The van der Waals surface area contributed by atoms with Gasteiger partial charge in [-0.05, 0) is 37.6 Å². The Labute approximate surface area is 129 Å². The Bertz CT molecular complexity index is 564. The van der Waals surface area contributed by atoms with Gasteiger partial charge in [0, 0.05) is 5.56 Å². The topological polar surface area (TPSA) is 27.1 Å². The summed E-state index contributed by atoms with van der Waals surface area (Å²) in [7, 11) is 0. The molecule has 1 heterocycles. The Balaban J connectivity index is 2.36. The van der Waals surface area contributed by atoms with Crippen molar-refractivity contribution in [1.29, 1.82) is 0 Å². The summed E-state index contributed by atoms with van der Waals surface area (Å²) in [5, 5.41) is 5.17. The van der Waals surface area contributed by atoms with E-state index in [2.05, 4.69) is 12.0 Å². The first-order valence-corrected chi connectivity index (χ1v) is 7.68. The zero-order valence-corrected chi connectivity index (χ0v) is 13.2. The van der Waals surface area contributed by atoms with Crippen molar-refractivity contribution in [2.75, 3.05) is 6.61 Å². The van der Waals surface area contributed by atoms with Gasteiger partial charge in [0.15, 0.2) is 0 Å². The Kier molecular flexibility index (Phi) is 5.32. The molecule has 2 aromatic rings. The van der Waals surface area contributed by atoms with Crippen molar-refractivity contribution in [1.82, 2.24) is 9.78 Å². The van der Waals surface area contributed by atoms with Crippen molar-refractivity contribution in [2.24, 2.45) is 0 Å². The highest BCUT2D eigenvalue weighted by Gasteiger charge is 2.15. The SMILES string of the molecule is CCCc1nn(-c2ccc(OCC)cc2)c(Cl)c1CCl. The smallest absolute Gasteiger partial charge is 0.137 e. The van der Waals surface area contributed by atoms with Gasteiger partial charge in [0.2, 0.25) is 0 Å². The van der Waals surface area contributed by atoms with Gasteiger partial charge in [0.05, 0.1) is 23.9 Å². The van der Waals surface area contributed by atoms with Crippen LogP contribution in [0.4, 0.5) is 0 Å². The fraction of sp³-hybridized carbons (Fsp3) is 0.400. The van der Waals surface area contributed by atoms with Gasteiger partial charge in [-0.3, -0.25) is 0 Å². The summed E-state index contributed by atoms with van der Waals surface area (Å²) >= 11 is 12.4. The lowest BCUT2D eigenvalue weighted by Crippen LogP contribution is -1.98. The molecule has 1 aromatic carbocycles. The van der Waals surface area contributed by atoms with Crippen LogP contribution < -0.4 is 4.74 Å². The van der Waals surface area contributed by atoms with E-state index in [1.807, 2.05) is 31.2 Å². The molecule has 3 nitrogen and oxygen atoms in total. The molecule has 20 heavy (non-hydrogen) atoms. The number of aryl methyl sites for hydroxylation is 1. The second-order valence-corrected chi connectivity index (χ2v) is 5.06. The molecule has 0 amide bonds. The molecule has 0 atom stereocenters. The highest BCUT2D eigenvalue weighted by atomic mass is 35.5. The lowest BCUT2D eigenvalue weighted by atomic mass is 10.2. The Hall–Kier alpha value is -1.19. The number of nitrogens with zero attached hydrogens (tertiary/aromatic N) is 2. The molecule has 1 aromatic heterocycles. The summed E-state index contributed by atoms with van der Waals surface area (Å²) in [5.74, 6) is 1.22. The van der Waals surface area contributed by atoms with Crippen LogP contribution in [-0.4, -0.2) is 16.4 Å². The van der Waals surface area contributed by atoms with Crippen LogP contribution in [0.3, 0.4) is 0 Å². The van der Waals surface area contributed by atoms with E-state index in [1.54, 1.807) is 4.68 Å². The molecular formula is C15H18Cl2N2O. The van der Waals surface area contributed by atoms with E-state index >= 15 is 0 Å². The molecule has 0 aliphatic heterocycles. The monoisotopic (exact) mass is 312 g/mol. The van der Waals surface area contributed by atoms with Crippen molar-refractivity contribution >= 4 is 23.2 Å². The number of ether oxygens (including phenoxy) is 1. The molecule has 0 radical (unpaired) electrons. The predicted molar refractivity (Wildman–Crippen MR) is 83.3 cm³/mol. The van der Waals surface area contributed by atoms with Crippen LogP contribution in [0.5, 0.6) is 5.75 Å². The Morgan fingerprint density at radius 1 is 1.20 bits per heavy atom. The van der Waals surface area contributed by atoms with Gasteiger partial charge in [-0.1, -0.05) is 24.9 Å². The third-order valence-electron chi connectivity index (χ3n) is 3.02. The number of hydrogen-bond donors (Lipinski definition) is 0. The molecular weight excluding hydrogens is 295 g/mol. The third kappa shape index (κ3) is 3.10. The Morgan fingerprint density at radius 3 is 2.45 bits per heavy atom. The predicted octanol–water partition coefficient (Wildman–Crippen LogP) is 4.62. The molecule has 0 bridgehead atoms. The fourth-order valence-corrected chi connectivity index (χ4v) is 2.72. The van der Waals surface area contributed by atoms with E-state index in [0.29, 0.717) is 17.6 Å². The largest absolute Gasteiger partial charge is 0.494 e. The molecule has 0 aliphatic carbocycles. The van der Waals surface area contributed by atoms with Crippen LogP contribution in [0.2, 0.25) is 5.15 Å². The first-order valence-electron chi connectivity index (χ1n) is 6.76. The van der Waals surface area contributed by atoms with Crippen LogP contribution in [0.25, 0.3) is 5.69 Å². The molecule has 0 N–H and O–H groups in total. The zero-order chi connectivity index (χ0) is 14.5. The third-order valence-corrected chi connectivity index (χ3v) is 3.67. The van der Waals surface area contributed by atoms with Crippen molar-refractivity contribution in [2.45, 2.75) is 32.6 Å². The maximum atomic E-state index is 6.39. The normalized spacial score (nSPS) is 10.8. The van der Waals surface area contributed by atoms with E-state index < -0.39 is 0 Å². The van der Waals surface area contributed by atoms with Crippen LogP contribution in [0.1, 0.15) is 31.5 Å². The van der Waals surface area contributed by atoms with Crippen LogP contribution in [-0.2, 0) is 12.3 Å². The summed E-state index contributed by atoms with van der Waals surface area (Å²) in [4.78, 5) is 0. The van der Waals surface area contributed by atoms with Crippen molar-refractivity contribution in [3.05, 3.63) is 40.7 Å². The standard InChI is InChI=1S/C15H18Cl2N2O/c1-3-5-14-13(10-16)15(17)19(18-14)11-6-8-12(9-7-11)20-4-2/h6-9H,3-5,10H2,1-2H3. The van der Waals surface area contributed by atoms with Gasteiger partial charge in [0.25, 0.3) is 0 Å². The van der Waals surface area contributed by atoms with Crippen molar-refractivity contribution in [3.63, 3.8) is 0 Å². The quantitative estimate of drug-likeness (QED) is 0.728. The second-order valence-electron chi connectivity index (χ2n) is 4.44. The van der Waals surface area contributed by atoms with E-state index in [4.69, 9.17) is 27.9 Å². The number of hydrogen-bond acceptors (Lipinski definition) is 2. The summed E-state index contributed by atoms with van der Waals surface area (Å²) in [6, 6.07) is 7.71. The van der Waals surface area contributed by atoms with Gasteiger partial charge >= 0.3 is 0 Å². The van der Waals surface area contributed by atoms with Gasteiger partial charge in [-0.2, -0.15) is 5.10 Å². The van der Waals surface area contributed by atoms with Crippen LogP contribution in [0.15, 0.2) is 24.3 Å². The minimum atomic E-state index is 0.380. The first kappa shape index (κ1) is 15.2. The zero-order valence-electron chi connectivity index (χ0n) is 11.7. The molecule has 0 saturated heterocycles. The second kappa shape index (κ2) is 7.00. The van der Waals surface area contributed by atoms with E-state index in [9.17, 15) is 0 Å². The summed E-state index contributed by atoms with van der Waals surface area (Å²) in [5.41, 5.74) is 2.80. The number of rotatable bonds is 6. The molecule has 108 valence electrons. The van der Waals surface area contributed by atoms with Crippen LogP contribution in [0, 0.1) is 0 Å². The van der Waals surface area contributed by atoms with Crippen molar-refractivity contribution < 1.29 is 4.74 Å². The number of benzene rings is 1. The van der Waals surface area contributed by atoms with E-state index in [1.165, 1.54) is 0 Å². The van der Waals surface area contributed by atoms with Gasteiger partial charge in [0.1, 0.15) is 10.9 Å². The highest BCUT2D eigenvalue weighted by molar-refractivity contribution is 6.31. The maximum Gasteiger partial charge on any atom is 0.137 e. The molecule has 0 spiro atoms. The molecule has 0 unspecified atom stereocenters. The number of halogens is 2. The average Bonchev–Trinajstić information content (AvgIpc) is 2.77. The van der Waals surface area contributed by atoms with Crippen molar-refractivity contribution in [3.8, 4) is 11.4 Å². The fourth-order valence-electron chi connectivity index (χ4n) is 2.06. The van der Waals surface area contributed by atoms with Gasteiger partial charge in [-0.25, -0.2) is 4.68 Å². The Morgan fingerprint density at radius 2 is 1.90 bits per heavy atom. The van der Waals surface area contributed by atoms with E-state index in [-0.39, 0.29) is 0 Å². The maximum absolute atomic E-state index is 6.39.